The first kappa shape index (κ1) is 19.9. The number of nitrogens with one attached hydrogen (secondary N) is 3. The minimum atomic E-state index is -0.233. The van der Waals surface area contributed by atoms with E-state index in [2.05, 4.69) is 16.0 Å². The van der Waals surface area contributed by atoms with Crippen LogP contribution in [0.25, 0.3) is 0 Å². The van der Waals surface area contributed by atoms with Crippen LogP contribution >= 0.6 is 0 Å². The van der Waals surface area contributed by atoms with E-state index in [0.717, 1.165) is 23.3 Å². The fourth-order valence-electron chi connectivity index (χ4n) is 6.27. The summed E-state index contributed by atoms with van der Waals surface area (Å²) in [7, 11) is 1.61. The molecule has 0 spiro atoms. The smallest absolute Gasteiger partial charge is 0.243 e. The van der Waals surface area contributed by atoms with Crippen molar-refractivity contribution in [3.05, 3.63) is 29.8 Å². The molecule has 3 N–H and O–H groups in total. The molecule has 4 bridgehead atoms. The lowest BCUT2D eigenvalue weighted by atomic mass is 9.49. The molecule has 1 aromatic rings. The second-order valence-electron chi connectivity index (χ2n) is 9.47. The Balaban J connectivity index is 1.22. The van der Waals surface area contributed by atoms with Crippen molar-refractivity contribution in [1.29, 1.82) is 0 Å². The third-order valence-corrected chi connectivity index (χ3v) is 7.03. The Morgan fingerprint density at radius 3 is 2.03 bits per heavy atom. The van der Waals surface area contributed by atoms with Gasteiger partial charge in [0, 0.05) is 19.2 Å². The molecule has 0 aliphatic heterocycles. The predicted octanol–water partition coefficient (Wildman–Crippen LogP) is 2.64. The summed E-state index contributed by atoms with van der Waals surface area (Å²) in [5.74, 6) is 2.19. The number of carbonyl (C=O) groups is 3. The van der Waals surface area contributed by atoms with Crippen LogP contribution in [0.3, 0.4) is 0 Å². The van der Waals surface area contributed by atoms with E-state index >= 15 is 0 Å². The standard InChI is InChI=1S/C23H31N3O3/c1-24-20(27)9-15-2-4-19(5-3-15)26-22(29)14-25-21(28)13-23-10-16-6-17(11-23)8-18(7-16)12-23/h2-5,16-18H,6-14H2,1H3,(H,24,27)(H,25,28)(H,26,29). The average Bonchev–Trinajstić information content (AvgIpc) is 2.66. The quantitative estimate of drug-likeness (QED) is 0.661. The fourth-order valence-corrected chi connectivity index (χ4v) is 6.27. The van der Waals surface area contributed by atoms with Crippen LogP contribution in [0.15, 0.2) is 24.3 Å². The monoisotopic (exact) mass is 397 g/mol. The molecule has 4 aliphatic carbocycles. The molecule has 0 unspecified atom stereocenters. The molecule has 6 heteroatoms. The van der Waals surface area contributed by atoms with Gasteiger partial charge in [-0.05, 0) is 79.4 Å². The molecule has 0 atom stereocenters. The molecule has 0 saturated heterocycles. The normalized spacial score (nSPS) is 29.3. The molecular weight excluding hydrogens is 366 g/mol. The highest BCUT2D eigenvalue weighted by atomic mass is 16.2. The maximum absolute atomic E-state index is 12.5. The van der Waals surface area contributed by atoms with Crippen molar-refractivity contribution >= 4 is 23.4 Å². The minimum absolute atomic E-state index is 0.00280. The summed E-state index contributed by atoms with van der Waals surface area (Å²) in [5.41, 5.74) is 1.73. The van der Waals surface area contributed by atoms with Crippen LogP contribution in [0.4, 0.5) is 5.69 Å². The fraction of sp³-hybridized carbons (Fsp3) is 0.609. The zero-order valence-electron chi connectivity index (χ0n) is 17.1. The van der Waals surface area contributed by atoms with E-state index in [4.69, 9.17) is 0 Å². The molecule has 5 rings (SSSR count). The molecule has 0 radical (unpaired) electrons. The van der Waals surface area contributed by atoms with Crippen LogP contribution in [0, 0.1) is 23.2 Å². The van der Waals surface area contributed by atoms with E-state index in [-0.39, 0.29) is 29.7 Å². The van der Waals surface area contributed by atoms with Crippen LogP contribution in [-0.4, -0.2) is 31.3 Å². The van der Waals surface area contributed by atoms with Gasteiger partial charge in [0.1, 0.15) is 0 Å². The molecule has 0 aromatic heterocycles. The molecule has 4 fully saturated rings. The number of amides is 3. The lowest BCUT2D eigenvalue weighted by molar-refractivity contribution is -0.131. The largest absolute Gasteiger partial charge is 0.359 e. The van der Waals surface area contributed by atoms with Crippen molar-refractivity contribution in [2.45, 2.75) is 51.4 Å². The van der Waals surface area contributed by atoms with E-state index in [9.17, 15) is 14.4 Å². The summed E-state index contributed by atoms with van der Waals surface area (Å²) in [6.07, 6.45) is 8.56. The number of hydrogen-bond acceptors (Lipinski definition) is 3. The second kappa shape index (κ2) is 8.17. The number of likely N-dealkylation sites (N-methyl/N-ethyl adjacent to an activating group) is 1. The molecule has 3 amide bonds. The Hall–Kier alpha value is -2.37. The molecule has 0 heterocycles. The van der Waals surface area contributed by atoms with Gasteiger partial charge in [0.15, 0.2) is 0 Å². The van der Waals surface area contributed by atoms with Crippen LogP contribution < -0.4 is 16.0 Å². The molecular formula is C23H31N3O3. The molecule has 1 aromatic carbocycles. The van der Waals surface area contributed by atoms with Gasteiger partial charge in [0.05, 0.1) is 13.0 Å². The molecule has 4 aliphatic rings. The minimum Gasteiger partial charge on any atom is -0.359 e. The van der Waals surface area contributed by atoms with Crippen LogP contribution in [0.2, 0.25) is 0 Å². The molecule has 156 valence electrons. The van der Waals surface area contributed by atoms with Gasteiger partial charge in [0.2, 0.25) is 17.7 Å². The Morgan fingerprint density at radius 1 is 0.897 bits per heavy atom. The van der Waals surface area contributed by atoms with Gasteiger partial charge in [-0.25, -0.2) is 0 Å². The van der Waals surface area contributed by atoms with Gasteiger partial charge in [-0.15, -0.1) is 0 Å². The first-order chi connectivity index (χ1) is 13.9. The van der Waals surface area contributed by atoms with E-state index in [1.807, 2.05) is 12.1 Å². The zero-order valence-corrected chi connectivity index (χ0v) is 17.1. The summed E-state index contributed by atoms with van der Waals surface area (Å²) < 4.78 is 0. The van der Waals surface area contributed by atoms with Crippen LogP contribution in [-0.2, 0) is 20.8 Å². The predicted molar refractivity (Wildman–Crippen MR) is 111 cm³/mol. The zero-order chi connectivity index (χ0) is 20.4. The van der Waals surface area contributed by atoms with Gasteiger partial charge in [-0.2, -0.15) is 0 Å². The molecule has 29 heavy (non-hydrogen) atoms. The van der Waals surface area contributed by atoms with E-state index in [1.165, 1.54) is 38.5 Å². The highest BCUT2D eigenvalue weighted by molar-refractivity contribution is 5.94. The maximum Gasteiger partial charge on any atom is 0.243 e. The summed E-state index contributed by atoms with van der Waals surface area (Å²) >= 11 is 0. The Kier molecular flexibility index (Phi) is 5.61. The van der Waals surface area contributed by atoms with Crippen molar-refractivity contribution in [2.75, 3.05) is 18.9 Å². The van der Waals surface area contributed by atoms with Crippen LogP contribution in [0.1, 0.15) is 50.5 Å². The average molecular weight is 398 g/mol. The van der Waals surface area contributed by atoms with Crippen LogP contribution in [0.5, 0.6) is 0 Å². The maximum atomic E-state index is 12.5. The highest BCUT2D eigenvalue weighted by Crippen LogP contribution is 2.61. The Bertz CT molecular complexity index is 752. The number of hydrogen-bond donors (Lipinski definition) is 3. The number of anilines is 1. The second-order valence-corrected chi connectivity index (χ2v) is 9.47. The Morgan fingerprint density at radius 2 is 1.48 bits per heavy atom. The van der Waals surface area contributed by atoms with Crippen molar-refractivity contribution in [3.8, 4) is 0 Å². The molecule has 6 nitrogen and oxygen atoms in total. The highest BCUT2D eigenvalue weighted by Gasteiger charge is 2.51. The van der Waals surface area contributed by atoms with Gasteiger partial charge >= 0.3 is 0 Å². The Labute approximate surface area is 172 Å². The van der Waals surface area contributed by atoms with E-state index in [1.54, 1.807) is 19.2 Å². The van der Waals surface area contributed by atoms with Gasteiger partial charge in [0.25, 0.3) is 0 Å². The van der Waals surface area contributed by atoms with Crippen molar-refractivity contribution < 1.29 is 14.4 Å². The lowest BCUT2D eigenvalue weighted by Gasteiger charge is -2.56. The van der Waals surface area contributed by atoms with E-state index in [0.29, 0.717) is 18.5 Å². The summed E-state index contributed by atoms with van der Waals surface area (Å²) in [4.78, 5) is 36.1. The van der Waals surface area contributed by atoms with E-state index < -0.39 is 0 Å². The van der Waals surface area contributed by atoms with Crippen molar-refractivity contribution in [3.63, 3.8) is 0 Å². The third-order valence-electron chi connectivity index (χ3n) is 7.03. The lowest BCUT2D eigenvalue weighted by Crippen LogP contribution is -2.48. The summed E-state index contributed by atoms with van der Waals surface area (Å²) in [5, 5.41) is 8.20. The SMILES string of the molecule is CNC(=O)Cc1ccc(NC(=O)CNC(=O)CC23CC4CC(CC(C4)C2)C3)cc1. The summed E-state index contributed by atoms with van der Waals surface area (Å²) in [6.45, 7) is -0.00874. The van der Waals surface area contributed by atoms with Crippen molar-refractivity contribution in [1.82, 2.24) is 10.6 Å². The first-order valence-electron chi connectivity index (χ1n) is 10.8. The number of benzene rings is 1. The summed E-state index contributed by atoms with van der Waals surface area (Å²) in [6, 6.07) is 7.17. The topological polar surface area (TPSA) is 87.3 Å². The van der Waals surface area contributed by atoms with Gasteiger partial charge in [-0.3, -0.25) is 14.4 Å². The van der Waals surface area contributed by atoms with Gasteiger partial charge < -0.3 is 16.0 Å². The number of carbonyl (C=O) groups excluding carboxylic acids is 3. The first-order valence-corrected chi connectivity index (χ1v) is 10.8. The van der Waals surface area contributed by atoms with Crippen molar-refractivity contribution in [2.24, 2.45) is 23.2 Å². The molecule has 4 saturated carbocycles. The van der Waals surface area contributed by atoms with Gasteiger partial charge in [-0.1, -0.05) is 12.1 Å². The number of rotatable bonds is 7. The third kappa shape index (κ3) is 4.80.